The molecular formula is C13H14N2O4. The van der Waals surface area contributed by atoms with Crippen LogP contribution in [0.4, 0.5) is 5.69 Å². The second-order valence-corrected chi connectivity index (χ2v) is 4.61. The Morgan fingerprint density at radius 2 is 2.26 bits per heavy atom. The summed E-state index contributed by atoms with van der Waals surface area (Å²) in [5, 5.41) is 5.89. The molecule has 6 heteroatoms. The van der Waals surface area contributed by atoms with E-state index in [2.05, 4.69) is 10.6 Å². The van der Waals surface area contributed by atoms with Crippen molar-refractivity contribution in [3.8, 4) is 5.75 Å². The van der Waals surface area contributed by atoms with Crippen LogP contribution < -0.4 is 15.4 Å². The topological polar surface area (TPSA) is 76.7 Å². The molecule has 100 valence electrons. The van der Waals surface area contributed by atoms with Gasteiger partial charge in [0.25, 0.3) is 5.91 Å². The molecule has 0 aliphatic carbocycles. The van der Waals surface area contributed by atoms with Crippen LogP contribution in [0.3, 0.4) is 0 Å². The van der Waals surface area contributed by atoms with Gasteiger partial charge in [0.1, 0.15) is 11.8 Å². The molecule has 2 heterocycles. The second-order valence-electron chi connectivity index (χ2n) is 4.61. The minimum atomic E-state index is -0.337. The molecule has 1 unspecified atom stereocenters. The van der Waals surface area contributed by atoms with Crippen molar-refractivity contribution in [3.05, 3.63) is 23.3 Å². The Morgan fingerprint density at radius 1 is 1.42 bits per heavy atom. The first kappa shape index (κ1) is 12.0. The summed E-state index contributed by atoms with van der Waals surface area (Å²) in [6, 6.07) is 3.44. The van der Waals surface area contributed by atoms with Crippen molar-refractivity contribution in [2.45, 2.75) is 19.0 Å². The van der Waals surface area contributed by atoms with Gasteiger partial charge in [-0.2, -0.15) is 0 Å². The molecule has 0 saturated heterocycles. The van der Waals surface area contributed by atoms with E-state index in [1.165, 1.54) is 7.11 Å². The van der Waals surface area contributed by atoms with Crippen molar-refractivity contribution in [1.82, 2.24) is 5.32 Å². The molecule has 1 amide bonds. The van der Waals surface area contributed by atoms with Crippen LogP contribution in [0.1, 0.15) is 11.1 Å². The number of fused-ring (bicyclic) bond motifs is 2. The maximum Gasteiger partial charge on any atom is 0.323 e. The van der Waals surface area contributed by atoms with Crippen molar-refractivity contribution in [2.24, 2.45) is 0 Å². The highest BCUT2D eigenvalue weighted by Crippen LogP contribution is 2.33. The molecule has 0 spiro atoms. The Hall–Kier alpha value is -2.08. The lowest BCUT2D eigenvalue weighted by molar-refractivity contribution is -0.143. The van der Waals surface area contributed by atoms with Crippen LogP contribution in [-0.2, 0) is 27.3 Å². The van der Waals surface area contributed by atoms with Crippen LogP contribution in [0, 0.1) is 0 Å². The van der Waals surface area contributed by atoms with Gasteiger partial charge in [-0.1, -0.05) is 0 Å². The van der Waals surface area contributed by atoms with Gasteiger partial charge in [-0.15, -0.1) is 0 Å². The molecular weight excluding hydrogens is 248 g/mol. The van der Waals surface area contributed by atoms with E-state index >= 15 is 0 Å². The summed E-state index contributed by atoms with van der Waals surface area (Å²) < 4.78 is 10.1. The monoisotopic (exact) mass is 262 g/mol. The van der Waals surface area contributed by atoms with E-state index in [1.54, 1.807) is 0 Å². The molecule has 3 rings (SSSR count). The number of rotatable bonds is 1. The number of carbonyl (C=O) groups is 2. The van der Waals surface area contributed by atoms with Gasteiger partial charge < -0.3 is 20.1 Å². The van der Waals surface area contributed by atoms with Crippen LogP contribution in [0.25, 0.3) is 0 Å². The summed E-state index contributed by atoms with van der Waals surface area (Å²) in [6.07, 6.45) is 0.547. The van der Waals surface area contributed by atoms with Crippen LogP contribution in [0.15, 0.2) is 12.1 Å². The molecule has 0 saturated carbocycles. The van der Waals surface area contributed by atoms with Gasteiger partial charge in [0.2, 0.25) is 0 Å². The lowest BCUT2D eigenvalue weighted by Gasteiger charge is -2.27. The summed E-state index contributed by atoms with van der Waals surface area (Å²) in [7, 11) is 1.38. The SMILES string of the molecule is COC(=O)C1Cc2cc3c(cc2CN1)OCC(=O)N3. The molecule has 1 aromatic carbocycles. The highest BCUT2D eigenvalue weighted by Gasteiger charge is 2.27. The van der Waals surface area contributed by atoms with Crippen LogP contribution >= 0.6 is 0 Å². The highest BCUT2D eigenvalue weighted by atomic mass is 16.5. The van der Waals surface area contributed by atoms with Gasteiger partial charge in [-0.05, 0) is 29.7 Å². The maximum atomic E-state index is 11.5. The first-order valence-corrected chi connectivity index (χ1v) is 6.07. The third-order valence-electron chi connectivity index (χ3n) is 3.38. The zero-order valence-corrected chi connectivity index (χ0v) is 10.5. The van der Waals surface area contributed by atoms with Crippen LogP contribution in [-0.4, -0.2) is 31.6 Å². The predicted octanol–water partition coefficient (Wildman–Crippen LogP) is 0.205. The number of ether oxygens (including phenoxy) is 2. The van der Waals surface area contributed by atoms with Gasteiger partial charge in [0.05, 0.1) is 12.8 Å². The summed E-state index contributed by atoms with van der Waals surface area (Å²) in [5.74, 6) is 0.242. The van der Waals surface area contributed by atoms with Crippen molar-refractivity contribution in [3.63, 3.8) is 0 Å². The number of hydrogen-bond donors (Lipinski definition) is 2. The largest absolute Gasteiger partial charge is 0.482 e. The van der Waals surface area contributed by atoms with Crippen molar-refractivity contribution in [2.75, 3.05) is 19.0 Å². The molecule has 19 heavy (non-hydrogen) atoms. The fraction of sp³-hybridized carbons (Fsp3) is 0.385. The Bertz CT molecular complexity index is 556. The van der Waals surface area contributed by atoms with E-state index in [4.69, 9.17) is 9.47 Å². The second kappa shape index (κ2) is 4.55. The van der Waals surface area contributed by atoms with E-state index in [0.29, 0.717) is 24.4 Å². The highest BCUT2D eigenvalue weighted by molar-refractivity contribution is 5.95. The number of hydrogen-bond acceptors (Lipinski definition) is 5. The molecule has 0 radical (unpaired) electrons. The van der Waals surface area contributed by atoms with E-state index in [-0.39, 0.29) is 24.5 Å². The van der Waals surface area contributed by atoms with Crippen LogP contribution in [0.5, 0.6) is 5.75 Å². The molecule has 0 bridgehead atoms. The minimum absolute atomic E-state index is 0.0456. The number of benzene rings is 1. The van der Waals surface area contributed by atoms with E-state index in [0.717, 1.165) is 11.1 Å². The maximum absolute atomic E-state index is 11.5. The lowest BCUT2D eigenvalue weighted by Crippen LogP contribution is -2.42. The third-order valence-corrected chi connectivity index (χ3v) is 3.38. The van der Waals surface area contributed by atoms with Crippen molar-refractivity contribution < 1.29 is 19.1 Å². The number of carbonyl (C=O) groups excluding carboxylic acids is 2. The van der Waals surface area contributed by atoms with E-state index < -0.39 is 0 Å². The summed E-state index contributed by atoms with van der Waals surface area (Å²) in [6.45, 7) is 0.629. The molecule has 1 aromatic rings. The number of methoxy groups -OCH3 is 1. The Morgan fingerprint density at radius 3 is 3.05 bits per heavy atom. The minimum Gasteiger partial charge on any atom is -0.482 e. The smallest absolute Gasteiger partial charge is 0.323 e. The fourth-order valence-corrected chi connectivity index (χ4v) is 2.40. The standard InChI is InChI=1S/C13H14N2O4/c1-18-13(17)10-3-7-2-9-11(4-8(7)5-14-10)19-6-12(16)15-9/h2,4,10,14H,3,5-6H2,1H3,(H,15,16). The fourth-order valence-electron chi connectivity index (χ4n) is 2.40. The zero-order chi connectivity index (χ0) is 13.4. The number of esters is 1. The van der Waals surface area contributed by atoms with E-state index in [1.807, 2.05) is 12.1 Å². The molecule has 2 N–H and O–H groups in total. The van der Waals surface area contributed by atoms with Crippen molar-refractivity contribution >= 4 is 17.6 Å². The van der Waals surface area contributed by atoms with Crippen molar-refractivity contribution in [1.29, 1.82) is 0 Å². The zero-order valence-electron chi connectivity index (χ0n) is 10.5. The average molecular weight is 262 g/mol. The molecule has 2 aliphatic rings. The normalized spacial score (nSPS) is 20.7. The number of anilines is 1. The number of amides is 1. The summed E-state index contributed by atoms with van der Waals surface area (Å²) >= 11 is 0. The first-order chi connectivity index (χ1) is 9.17. The lowest BCUT2D eigenvalue weighted by atomic mass is 9.94. The van der Waals surface area contributed by atoms with Gasteiger partial charge in [-0.25, -0.2) is 0 Å². The first-order valence-electron chi connectivity index (χ1n) is 6.07. The van der Waals surface area contributed by atoms with E-state index in [9.17, 15) is 9.59 Å². The molecule has 2 aliphatic heterocycles. The predicted molar refractivity (Wildman–Crippen MR) is 66.9 cm³/mol. The molecule has 0 aromatic heterocycles. The van der Waals surface area contributed by atoms with Crippen LogP contribution in [0.2, 0.25) is 0 Å². The number of nitrogens with one attached hydrogen (secondary N) is 2. The molecule has 1 atom stereocenters. The van der Waals surface area contributed by atoms with Gasteiger partial charge >= 0.3 is 5.97 Å². The summed E-state index contributed by atoms with van der Waals surface area (Å²) in [4.78, 5) is 22.8. The molecule has 0 fully saturated rings. The van der Waals surface area contributed by atoms with Gasteiger partial charge in [0, 0.05) is 6.54 Å². The van der Waals surface area contributed by atoms with Gasteiger partial charge in [-0.3, -0.25) is 9.59 Å². The Labute approximate surface area is 110 Å². The van der Waals surface area contributed by atoms with Gasteiger partial charge in [0.15, 0.2) is 6.61 Å². The Balaban J connectivity index is 1.90. The Kier molecular flexibility index (Phi) is 2.87. The molecule has 6 nitrogen and oxygen atoms in total. The third kappa shape index (κ3) is 2.15. The summed E-state index contributed by atoms with van der Waals surface area (Å²) in [5.41, 5.74) is 2.77. The quantitative estimate of drug-likeness (QED) is 0.707. The average Bonchev–Trinajstić information content (AvgIpc) is 2.43.